The van der Waals surface area contributed by atoms with E-state index >= 15 is 0 Å². The van der Waals surface area contributed by atoms with Gasteiger partial charge in [-0.05, 0) is 55.0 Å². The summed E-state index contributed by atoms with van der Waals surface area (Å²) in [6.45, 7) is 0. The average molecular weight is 428 g/mol. The minimum atomic E-state index is 0.0155. The highest BCUT2D eigenvalue weighted by molar-refractivity contribution is 7.99. The Bertz CT molecular complexity index is 1270. The van der Waals surface area contributed by atoms with Crippen LogP contribution in [0.3, 0.4) is 0 Å². The molecule has 0 saturated carbocycles. The zero-order valence-corrected chi connectivity index (χ0v) is 17.6. The van der Waals surface area contributed by atoms with Crippen LogP contribution in [0.1, 0.15) is 12.8 Å². The summed E-state index contributed by atoms with van der Waals surface area (Å²) in [5.74, 6) is 1.67. The highest BCUT2D eigenvalue weighted by atomic mass is 32.2. The number of carbonyl (C=O) groups is 1. The minimum Gasteiger partial charge on any atom is -0.338 e. The van der Waals surface area contributed by atoms with Crippen molar-refractivity contribution in [1.82, 2.24) is 19.9 Å². The Morgan fingerprint density at radius 1 is 0.839 bits per heavy atom. The molecule has 2 aromatic heterocycles. The van der Waals surface area contributed by atoms with Gasteiger partial charge in [0, 0.05) is 23.4 Å². The second-order valence-electron chi connectivity index (χ2n) is 7.24. The van der Waals surface area contributed by atoms with Crippen LogP contribution in [0.4, 0.5) is 5.69 Å². The van der Waals surface area contributed by atoms with Crippen LogP contribution < -0.4 is 5.32 Å². The molecule has 0 atom stereocenters. The molecule has 2 heterocycles. The number of hydrogen-bond donors (Lipinski definition) is 3. The van der Waals surface area contributed by atoms with E-state index in [0.717, 1.165) is 56.5 Å². The molecule has 0 aliphatic rings. The number of fused-ring (bicyclic) bond motifs is 2. The SMILES string of the molecule is O=C(CCCSc1nc2ccccc2[nH]1)Nc1ccc(-c2nc3ccccc3[nH]2)cc1. The summed E-state index contributed by atoms with van der Waals surface area (Å²) in [6, 6.07) is 23.7. The van der Waals surface area contributed by atoms with E-state index in [1.165, 1.54) is 0 Å². The maximum atomic E-state index is 12.3. The lowest BCUT2D eigenvalue weighted by molar-refractivity contribution is -0.116. The molecule has 0 spiro atoms. The van der Waals surface area contributed by atoms with Crippen LogP contribution in [0.2, 0.25) is 0 Å². The van der Waals surface area contributed by atoms with Gasteiger partial charge in [0.2, 0.25) is 5.91 Å². The highest BCUT2D eigenvalue weighted by Crippen LogP contribution is 2.23. The van der Waals surface area contributed by atoms with E-state index in [2.05, 4.69) is 25.3 Å². The van der Waals surface area contributed by atoms with Gasteiger partial charge in [-0.15, -0.1) is 0 Å². The number of para-hydroxylation sites is 4. The smallest absolute Gasteiger partial charge is 0.224 e. The zero-order valence-electron chi connectivity index (χ0n) is 16.8. The first-order valence-electron chi connectivity index (χ1n) is 10.2. The first-order valence-corrected chi connectivity index (χ1v) is 11.2. The van der Waals surface area contributed by atoms with Crippen molar-refractivity contribution in [3.8, 4) is 11.4 Å². The molecule has 0 saturated heterocycles. The van der Waals surface area contributed by atoms with Gasteiger partial charge in [-0.25, -0.2) is 9.97 Å². The number of anilines is 1. The van der Waals surface area contributed by atoms with Crippen LogP contribution in [0.15, 0.2) is 78.0 Å². The molecule has 1 amide bonds. The summed E-state index contributed by atoms with van der Waals surface area (Å²) in [7, 11) is 0. The fraction of sp³-hybridized carbons (Fsp3) is 0.125. The molecule has 3 N–H and O–H groups in total. The van der Waals surface area contributed by atoms with Crippen LogP contribution in [0, 0.1) is 0 Å². The van der Waals surface area contributed by atoms with Crippen molar-refractivity contribution in [2.75, 3.05) is 11.1 Å². The van der Waals surface area contributed by atoms with Crippen molar-refractivity contribution in [3.05, 3.63) is 72.8 Å². The van der Waals surface area contributed by atoms with Crippen molar-refractivity contribution in [3.63, 3.8) is 0 Å². The monoisotopic (exact) mass is 427 g/mol. The van der Waals surface area contributed by atoms with Crippen molar-refractivity contribution in [2.45, 2.75) is 18.0 Å². The van der Waals surface area contributed by atoms with Gasteiger partial charge in [-0.1, -0.05) is 36.0 Å². The summed E-state index contributed by atoms with van der Waals surface area (Å²) in [5.41, 5.74) is 5.72. The van der Waals surface area contributed by atoms with Crippen molar-refractivity contribution >= 4 is 45.4 Å². The number of amides is 1. The third-order valence-electron chi connectivity index (χ3n) is 4.99. The normalized spacial score (nSPS) is 11.2. The van der Waals surface area contributed by atoms with Crippen LogP contribution >= 0.6 is 11.8 Å². The predicted octanol–water partition coefficient (Wildman–Crippen LogP) is 5.62. The Kier molecular flexibility index (Phi) is 5.41. The van der Waals surface area contributed by atoms with Crippen LogP contribution in [-0.2, 0) is 4.79 Å². The summed E-state index contributed by atoms with van der Waals surface area (Å²) in [4.78, 5) is 28.0. The fourth-order valence-corrected chi connectivity index (χ4v) is 4.25. The van der Waals surface area contributed by atoms with Gasteiger partial charge >= 0.3 is 0 Å². The largest absolute Gasteiger partial charge is 0.338 e. The number of carbonyl (C=O) groups excluding carboxylic acids is 1. The van der Waals surface area contributed by atoms with Crippen molar-refractivity contribution < 1.29 is 4.79 Å². The van der Waals surface area contributed by atoms with Crippen LogP contribution in [0.5, 0.6) is 0 Å². The predicted molar refractivity (Wildman–Crippen MR) is 126 cm³/mol. The fourth-order valence-electron chi connectivity index (χ4n) is 3.42. The van der Waals surface area contributed by atoms with Gasteiger partial charge in [0.05, 0.1) is 22.1 Å². The third kappa shape index (κ3) is 4.46. The molecule has 3 aromatic carbocycles. The van der Waals surface area contributed by atoms with Crippen molar-refractivity contribution in [2.24, 2.45) is 0 Å². The number of rotatable bonds is 7. The molecule has 31 heavy (non-hydrogen) atoms. The first-order chi connectivity index (χ1) is 15.2. The van der Waals surface area contributed by atoms with Gasteiger partial charge in [0.25, 0.3) is 0 Å². The molecule has 0 aliphatic heterocycles. The summed E-state index contributed by atoms with van der Waals surface area (Å²) in [6.07, 6.45) is 1.25. The van der Waals surface area contributed by atoms with Gasteiger partial charge in [0.15, 0.2) is 5.16 Å². The van der Waals surface area contributed by atoms with Gasteiger partial charge in [-0.3, -0.25) is 4.79 Å². The topological polar surface area (TPSA) is 86.5 Å². The van der Waals surface area contributed by atoms with Crippen molar-refractivity contribution in [1.29, 1.82) is 0 Å². The van der Waals surface area contributed by atoms with Gasteiger partial charge in [-0.2, -0.15) is 0 Å². The molecular formula is C24H21N5OS. The quantitative estimate of drug-likeness (QED) is 0.232. The molecule has 0 fully saturated rings. The number of thioether (sulfide) groups is 1. The van der Waals surface area contributed by atoms with E-state index in [1.54, 1.807) is 11.8 Å². The first kappa shape index (κ1) is 19.4. The standard InChI is InChI=1S/C24H21N5OS/c30-22(10-5-15-31-24-28-20-8-3-4-9-21(20)29-24)25-17-13-11-16(12-14-17)23-26-18-6-1-2-7-19(18)27-23/h1-4,6-9,11-14H,5,10,15H2,(H,25,30)(H,26,27)(H,28,29). The van der Waals surface area contributed by atoms with E-state index in [4.69, 9.17) is 0 Å². The number of nitrogens with one attached hydrogen (secondary N) is 3. The van der Waals surface area contributed by atoms with E-state index in [9.17, 15) is 4.79 Å². The average Bonchev–Trinajstić information content (AvgIpc) is 3.41. The minimum absolute atomic E-state index is 0.0155. The second-order valence-corrected chi connectivity index (χ2v) is 8.32. The number of hydrogen-bond acceptors (Lipinski definition) is 4. The molecule has 7 heteroatoms. The molecule has 0 radical (unpaired) electrons. The lowest BCUT2D eigenvalue weighted by Gasteiger charge is -2.06. The Labute approximate surface area is 183 Å². The van der Waals surface area contributed by atoms with Gasteiger partial charge < -0.3 is 15.3 Å². The maximum absolute atomic E-state index is 12.3. The highest BCUT2D eigenvalue weighted by Gasteiger charge is 2.07. The Balaban J connectivity index is 1.11. The summed E-state index contributed by atoms with van der Waals surface area (Å²) >= 11 is 1.64. The number of aromatic nitrogens is 4. The maximum Gasteiger partial charge on any atom is 0.224 e. The summed E-state index contributed by atoms with van der Waals surface area (Å²) in [5, 5.41) is 3.86. The van der Waals surface area contributed by atoms with E-state index < -0.39 is 0 Å². The molecule has 5 rings (SSSR count). The number of nitrogens with zero attached hydrogens (tertiary/aromatic N) is 2. The molecule has 6 nitrogen and oxygen atoms in total. The molecule has 154 valence electrons. The lowest BCUT2D eigenvalue weighted by atomic mass is 10.2. The van der Waals surface area contributed by atoms with E-state index in [1.807, 2.05) is 72.8 Å². The molecule has 5 aromatic rings. The Morgan fingerprint density at radius 2 is 1.52 bits per heavy atom. The zero-order chi connectivity index (χ0) is 21.0. The molecule has 0 aliphatic carbocycles. The van der Waals surface area contributed by atoms with E-state index in [-0.39, 0.29) is 5.91 Å². The molecular weight excluding hydrogens is 406 g/mol. The Hall–Kier alpha value is -3.58. The number of aromatic amines is 2. The Morgan fingerprint density at radius 3 is 2.23 bits per heavy atom. The second kappa shape index (κ2) is 8.65. The lowest BCUT2D eigenvalue weighted by Crippen LogP contribution is -2.11. The van der Waals surface area contributed by atoms with Crippen LogP contribution in [0.25, 0.3) is 33.5 Å². The van der Waals surface area contributed by atoms with Gasteiger partial charge in [0.1, 0.15) is 5.82 Å². The number of H-pyrrole nitrogens is 2. The van der Waals surface area contributed by atoms with Crippen LogP contribution in [-0.4, -0.2) is 31.6 Å². The summed E-state index contributed by atoms with van der Waals surface area (Å²) < 4.78 is 0. The molecule has 0 unspecified atom stereocenters. The number of imidazole rings is 2. The number of benzene rings is 3. The van der Waals surface area contributed by atoms with E-state index in [0.29, 0.717) is 6.42 Å². The third-order valence-corrected chi connectivity index (χ3v) is 5.95. The molecule has 0 bridgehead atoms.